The number of anilines is 2. The number of hydrogen-bond acceptors (Lipinski definition) is 4. The van der Waals surface area contributed by atoms with E-state index in [9.17, 15) is 8.78 Å². The molecule has 1 aromatic rings. The summed E-state index contributed by atoms with van der Waals surface area (Å²) in [5, 5.41) is 0. The number of nitrogens with zero attached hydrogens (tertiary/aromatic N) is 2. The molecule has 4 nitrogen and oxygen atoms in total. The summed E-state index contributed by atoms with van der Waals surface area (Å²) < 4.78 is 31.0. The maximum Gasteiger partial charge on any atom is 0.251 e. The van der Waals surface area contributed by atoms with Crippen molar-refractivity contribution < 1.29 is 13.5 Å². The van der Waals surface area contributed by atoms with Gasteiger partial charge in [0.1, 0.15) is 11.4 Å². The Morgan fingerprint density at radius 2 is 1.88 bits per heavy atom. The topological polar surface area (TPSA) is 41.7 Å². The minimum atomic E-state index is -2.23. The van der Waals surface area contributed by atoms with Gasteiger partial charge < -0.3 is 15.4 Å². The van der Waals surface area contributed by atoms with E-state index in [1.807, 2.05) is 4.90 Å². The molecule has 138 valence electrons. The predicted octanol–water partition coefficient (Wildman–Crippen LogP) is 3.15. The summed E-state index contributed by atoms with van der Waals surface area (Å²) in [5.41, 5.74) is 9.42. The zero-order chi connectivity index (χ0) is 17.8. The number of rotatable bonds is 3. The number of benzene rings is 1. The van der Waals surface area contributed by atoms with Crippen LogP contribution >= 0.6 is 0 Å². The molecule has 2 N–H and O–H groups in total. The SMILES string of the molecule is CC1(C)Cc2cc(N)c(N3CCC4(CC3)CN(CC(F)F)C4)cc2O1. The van der Waals surface area contributed by atoms with Crippen molar-refractivity contribution in [2.45, 2.75) is 45.1 Å². The summed E-state index contributed by atoms with van der Waals surface area (Å²) >= 11 is 0. The van der Waals surface area contributed by atoms with Gasteiger partial charge in [-0.3, -0.25) is 4.90 Å². The highest BCUT2D eigenvalue weighted by molar-refractivity contribution is 5.72. The van der Waals surface area contributed by atoms with Gasteiger partial charge in [-0.15, -0.1) is 0 Å². The van der Waals surface area contributed by atoms with Gasteiger partial charge in [0, 0.05) is 44.2 Å². The van der Waals surface area contributed by atoms with Crippen molar-refractivity contribution in [1.82, 2.24) is 4.90 Å². The molecule has 0 saturated carbocycles. The Bertz CT molecular complexity index is 661. The summed E-state index contributed by atoms with van der Waals surface area (Å²) in [4.78, 5) is 4.20. The van der Waals surface area contributed by atoms with Gasteiger partial charge in [0.25, 0.3) is 6.43 Å². The van der Waals surface area contributed by atoms with Crippen molar-refractivity contribution in [3.8, 4) is 5.75 Å². The van der Waals surface area contributed by atoms with Gasteiger partial charge in [-0.1, -0.05) is 0 Å². The van der Waals surface area contributed by atoms with Crippen molar-refractivity contribution in [1.29, 1.82) is 0 Å². The molecule has 0 amide bonds. The lowest BCUT2D eigenvalue weighted by atomic mass is 9.72. The van der Waals surface area contributed by atoms with Crippen molar-refractivity contribution in [2.75, 3.05) is 43.4 Å². The molecule has 0 radical (unpaired) electrons. The molecule has 3 aliphatic rings. The number of alkyl halides is 2. The van der Waals surface area contributed by atoms with E-state index in [4.69, 9.17) is 10.5 Å². The molecule has 2 fully saturated rings. The van der Waals surface area contributed by atoms with Crippen molar-refractivity contribution >= 4 is 11.4 Å². The third-order valence-electron chi connectivity index (χ3n) is 5.89. The zero-order valence-corrected chi connectivity index (χ0v) is 15.0. The first-order chi connectivity index (χ1) is 11.8. The lowest BCUT2D eigenvalue weighted by Gasteiger charge is -2.54. The Balaban J connectivity index is 1.41. The molecule has 1 aromatic carbocycles. The molecule has 0 bridgehead atoms. The molecule has 0 aromatic heterocycles. The Kier molecular flexibility index (Phi) is 3.87. The summed E-state index contributed by atoms with van der Waals surface area (Å²) in [5.74, 6) is 0.946. The predicted molar refractivity (Wildman–Crippen MR) is 95.6 cm³/mol. The Morgan fingerprint density at radius 3 is 2.52 bits per heavy atom. The highest BCUT2D eigenvalue weighted by Crippen LogP contribution is 2.45. The van der Waals surface area contributed by atoms with Crippen LogP contribution in [0, 0.1) is 5.41 Å². The summed E-state index contributed by atoms with van der Waals surface area (Å²) in [6, 6.07) is 4.14. The van der Waals surface area contributed by atoms with E-state index in [0.717, 1.165) is 62.6 Å². The minimum absolute atomic E-state index is 0.0869. The molecule has 1 spiro atoms. The van der Waals surface area contributed by atoms with Crippen LogP contribution in [0.3, 0.4) is 0 Å². The second-order valence-electron chi connectivity index (χ2n) is 8.61. The summed E-state index contributed by atoms with van der Waals surface area (Å²) in [6.45, 7) is 7.56. The first-order valence-electron chi connectivity index (χ1n) is 9.12. The highest BCUT2D eigenvalue weighted by Gasteiger charge is 2.45. The Morgan fingerprint density at radius 1 is 1.20 bits per heavy atom. The molecule has 0 unspecified atom stereocenters. The van der Waals surface area contributed by atoms with Crippen LogP contribution in [0.2, 0.25) is 0 Å². The third kappa shape index (κ3) is 3.16. The molecule has 2 saturated heterocycles. The third-order valence-corrected chi connectivity index (χ3v) is 5.89. The molecule has 3 heterocycles. The minimum Gasteiger partial charge on any atom is -0.487 e. The van der Waals surface area contributed by atoms with Crippen LogP contribution < -0.4 is 15.4 Å². The molecule has 4 rings (SSSR count). The average molecular weight is 351 g/mol. The molecule has 3 aliphatic heterocycles. The van der Waals surface area contributed by atoms with E-state index in [2.05, 4.69) is 30.9 Å². The molecule has 25 heavy (non-hydrogen) atoms. The van der Waals surface area contributed by atoms with Gasteiger partial charge in [-0.05, 0) is 38.2 Å². The number of nitrogens with two attached hydrogens (primary N) is 1. The molecule has 0 aliphatic carbocycles. The van der Waals surface area contributed by atoms with Gasteiger partial charge in [0.05, 0.1) is 17.9 Å². The number of likely N-dealkylation sites (tertiary alicyclic amines) is 1. The number of nitrogen functional groups attached to an aromatic ring is 1. The average Bonchev–Trinajstić information content (AvgIpc) is 2.78. The van der Waals surface area contributed by atoms with E-state index in [0.29, 0.717) is 0 Å². The van der Waals surface area contributed by atoms with Crippen LogP contribution in [0.25, 0.3) is 0 Å². The van der Waals surface area contributed by atoms with E-state index in [1.165, 1.54) is 5.56 Å². The molecular formula is C19H27F2N3O. The van der Waals surface area contributed by atoms with Crippen LogP contribution in [0.5, 0.6) is 5.75 Å². The Labute approximate surface area is 147 Å². The van der Waals surface area contributed by atoms with Crippen molar-refractivity contribution in [3.05, 3.63) is 17.7 Å². The second kappa shape index (κ2) is 5.73. The number of halogens is 2. The van der Waals surface area contributed by atoms with Gasteiger partial charge in [0.2, 0.25) is 0 Å². The number of fused-ring (bicyclic) bond motifs is 1. The van der Waals surface area contributed by atoms with Gasteiger partial charge >= 0.3 is 0 Å². The fourth-order valence-electron chi connectivity index (χ4n) is 4.70. The molecular weight excluding hydrogens is 324 g/mol. The van der Waals surface area contributed by atoms with E-state index in [1.54, 1.807) is 0 Å². The smallest absolute Gasteiger partial charge is 0.251 e. The van der Waals surface area contributed by atoms with E-state index >= 15 is 0 Å². The fraction of sp³-hybridized carbons (Fsp3) is 0.684. The quantitative estimate of drug-likeness (QED) is 0.850. The van der Waals surface area contributed by atoms with Crippen molar-refractivity contribution in [3.63, 3.8) is 0 Å². The second-order valence-corrected chi connectivity index (χ2v) is 8.61. The fourth-order valence-corrected chi connectivity index (χ4v) is 4.70. The molecule has 6 heteroatoms. The Hall–Kier alpha value is -1.56. The number of piperidine rings is 1. The normalized spacial score (nSPS) is 24.3. The number of ether oxygens (including phenoxy) is 1. The highest BCUT2D eigenvalue weighted by atomic mass is 19.3. The molecule has 0 atom stereocenters. The van der Waals surface area contributed by atoms with Gasteiger partial charge in [-0.25, -0.2) is 8.78 Å². The van der Waals surface area contributed by atoms with Crippen molar-refractivity contribution in [2.24, 2.45) is 5.41 Å². The first kappa shape index (κ1) is 16.9. The van der Waals surface area contributed by atoms with Crippen LogP contribution in [-0.4, -0.2) is 49.7 Å². The van der Waals surface area contributed by atoms with Gasteiger partial charge in [-0.2, -0.15) is 0 Å². The summed E-state index contributed by atoms with van der Waals surface area (Å²) in [6.07, 6.45) is 0.731. The maximum absolute atomic E-state index is 12.5. The first-order valence-corrected chi connectivity index (χ1v) is 9.12. The monoisotopic (exact) mass is 351 g/mol. The van der Waals surface area contributed by atoms with Crippen LogP contribution in [0.15, 0.2) is 12.1 Å². The zero-order valence-electron chi connectivity index (χ0n) is 15.0. The van der Waals surface area contributed by atoms with Crippen LogP contribution in [0.4, 0.5) is 20.2 Å². The number of hydrogen-bond donors (Lipinski definition) is 1. The maximum atomic E-state index is 12.5. The van der Waals surface area contributed by atoms with E-state index < -0.39 is 6.43 Å². The standard InChI is InChI=1S/C19H27F2N3O/c1-18(2)9-13-7-14(22)15(8-16(13)25-18)24-5-3-19(4-6-24)11-23(12-19)10-17(20)21/h7-8,17H,3-6,9-12,22H2,1-2H3. The van der Waals surface area contributed by atoms with Crippen LogP contribution in [-0.2, 0) is 6.42 Å². The summed E-state index contributed by atoms with van der Waals surface area (Å²) in [7, 11) is 0. The lowest BCUT2D eigenvalue weighted by molar-refractivity contribution is -0.0487. The van der Waals surface area contributed by atoms with Gasteiger partial charge in [0.15, 0.2) is 0 Å². The van der Waals surface area contributed by atoms with E-state index in [-0.39, 0.29) is 17.6 Å². The van der Waals surface area contributed by atoms with Crippen LogP contribution in [0.1, 0.15) is 32.3 Å². The lowest BCUT2D eigenvalue weighted by Crippen LogP contribution is -2.61. The largest absolute Gasteiger partial charge is 0.487 e.